The van der Waals surface area contributed by atoms with Crippen molar-refractivity contribution in [2.45, 2.75) is 18.6 Å². The van der Waals surface area contributed by atoms with Gasteiger partial charge in [0.05, 0.1) is 17.6 Å². The predicted octanol–water partition coefficient (Wildman–Crippen LogP) is 0.400. The summed E-state index contributed by atoms with van der Waals surface area (Å²) in [5.41, 5.74) is 1.36. The molecule has 0 radical (unpaired) electrons. The molecule has 3 rings (SSSR count). The van der Waals surface area contributed by atoms with Crippen molar-refractivity contribution in [2.75, 3.05) is 7.11 Å². The van der Waals surface area contributed by atoms with E-state index in [2.05, 4.69) is 25.0 Å². The van der Waals surface area contributed by atoms with Crippen molar-refractivity contribution in [3.05, 3.63) is 53.9 Å². The number of aromatic nitrogens is 5. The number of methoxy groups -OCH3 is 1. The van der Waals surface area contributed by atoms with E-state index in [4.69, 9.17) is 9.47 Å². The molecule has 0 amide bonds. The Morgan fingerprint density at radius 2 is 2.03 bits per heavy atom. The minimum Gasteiger partial charge on any atom is -0.457 e. The molecule has 29 heavy (non-hydrogen) atoms. The fourth-order valence-electron chi connectivity index (χ4n) is 2.30. The van der Waals surface area contributed by atoms with E-state index in [0.717, 1.165) is 12.1 Å². The highest BCUT2D eigenvalue weighted by Crippen LogP contribution is 2.23. The van der Waals surface area contributed by atoms with Crippen molar-refractivity contribution in [3.8, 4) is 17.4 Å². The fourth-order valence-corrected chi connectivity index (χ4v) is 2.30. The van der Waals surface area contributed by atoms with E-state index in [-0.39, 0.29) is 12.6 Å². The smallest absolute Gasteiger partial charge is 0.387 e. The van der Waals surface area contributed by atoms with Gasteiger partial charge in [-0.2, -0.15) is 13.8 Å². The first-order valence-electron chi connectivity index (χ1n) is 8.46. The normalized spacial score (nSPS) is 11.6. The second-order valence-corrected chi connectivity index (χ2v) is 6.38. The lowest BCUT2D eigenvalue weighted by Gasteiger charge is -2.22. The Morgan fingerprint density at radius 3 is 2.76 bits per heavy atom. The van der Waals surface area contributed by atoms with Gasteiger partial charge in [-0.1, -0.05) is 5.21 Å². The Morgan fingerprint density at radius 1 is 1.24 bits per heavy atom. The summed E-state index contributed by atoms with van der Waals surface area (Å²) >= 11 is 0. The Hall–Kier alpha value is -3.08. The molecule has 3 aromatic rings. The maximum atomic E-state index is 13.6. The first-order valence-corrected chi connectivity index (χ1v) is 8.46. The van der Waals surface area contributed by atoms with Crippen LogP contribution in [0, 0.1) is 5.82 Å². The minimum atomic E-state index is -3.14. The van der Waals surface area contributed by atoms with Crippen molar-refractivity contribution in [1.29, 1.82) is 0 Å². The van der Waals surface area contributed by atoms with Crippen molar-refractivity contribution < 1.29 is 27.4 Å². The molecule has 13 heteroatoms. The summed E-state index contributed by atoms with van der Waals surface area (Å²) in [4.78, 5) is 8.34. The summed E-state index contributed by atoms with van der Waals surface area (Å²) < 4.78 is 54.6. The van der Waals surface area contributed by atoms with Gasteiger partial charge in [0, 0.05) is 24.8 Å². The van der Waals surface area contributed by atoms with Crippen molar-refractivity contribution in [1.82, 2.24) is 25.0 Å². The third-order valence-corrected chi connectivity index (χ3v) is 4.05. The monoisotopic (exact) mass is 405 g/mol. The van der Waals surface area contributed by atoms with E-state index < -0.39 is 23.6 Å². The number of nitrogens with zero attached hydrogens (tertiary/aromatic N) is 5. The van der Waals surface area contributed by atoms with Gasteiger partial charge in [0.25, 0.3) is 0 Å². The molecule has 0 atom stereocenters. The molecule has 0 bridgehead atoms. The molecule has 0 aliphatic carbocycles. The number of halogens is 3. The summed E-state index contributed by atoms with van der Waals surface area (Å²) in [5, 5.41) is 7.21. The third-order valence-electron chi connectivity index (χ3n) is 4.05. The highest BCUT2D eigenvalue weighted by atomic mass is 19.3. The molecule has 0 spiro atoms. The number of ether oxygens (including phenoxy) is 3. The molecule has 0 saturated heterocycles. The summed E-state index contributed by atoms with van der Waals surface area (Å²) in [6.07, 6.45) is 3.06. The topological polar surface area (TPSA) is 84.2 Å². The molecule has 0 aliphatic rings. The van der Waals surface area contributed by atoms with Gasteiger partial charge in [-0.25, -0.2) is 14.1 Å². The van der Waals surface area contributed by atoms with Crippen LogP contribution in [0.5, 0.6) is 11.8 Å². The lowest BCUT2D eigenvalue weighted by atomic mass is 9.63. The summed E-state index contributed by atoms with van der Waals surface area (Å²) in [6, 6.07) is 5.31. The number of alkyl halides is 2. The van der Waals surface area contributed by atoms with Crippen molar-refractivity contribution in [2.24, 2.45) is 0 Å². The van der Waals surface area contributed by atoms with E-state index in [0.29, 0.717) is 17.1 Å². The van der Waals surface area contributed by atoms with Crippen LogP contribution in [-0.2, 0) is 16.7 Å². The summed E-state index contributed by atoms with van der Waals surface area (Å²) in [7, 11) is 5.30. The molecule has 0 saturated carbocycles. The van der Waals surface area contributed by atoms with Crippen LogP contribution >= 0.6 is 0 Å². The highest BCUT2D eigenvalue weighted by molar-refractivity contribution is 6.38. The van der Waals surface area contributed by atoms with Gasteiger partial charge in [0.2, 0.25) is 0 Å². The summed E-state index contributed by atoms with van der Waals surface area (Å²) in [5.74, 6) is -1.49. The van der Waals surface area contributed by atoms with Gasteiger partial charge in [-0.05, 0) is 18.2 Å². The molecular weight excluding hydrogens is 389 g/mol. The number of hydrogen-bond donors (Lipinski definition) is 0. The Balaban J connectivity index is 1.71. The van der Waals surface area contributed by atoms with E-state index in [9.17, 15) is 13.2 Å². The molecule has 8 nitrogen and oxygen atoms in total. The molecular formula is C16H16B2F3N5O3. The SMILES string of the molecule is BC(B)(OC)c1ccnc(OCc2cn(-c3ccc(F)c(OC(F)F)c3)nn2)n1. The molecule has 0 fully saturated rings. The fraction of sp³-hybridized carbons (Fsp3) is 0.250. The second kappa shape index (κ2) is 8.52. The van der Waals surface area contributed by atoms with E-state index in [1.165, 1.54) is 16.9 Å². The number of benzene rings is 1. The van der Waals surface area contributed by atoms with Crippen LogP contribution in [0.3, 0.4) is 0 Å². The molecule has 2 heterocycles. The molecule has 1 aromatic carbocycles. The quantitative estimate of drug-likeness (QED) is 0.502. The standard InChI is InChI=1S/C16H16B2F3N5O3/c1-27-16(17,18)13-4-5-22-15(23-13)28-8-9-7-26(25-24-9)10-2-3-11(19)12(6-10)29-14(20)21/h2-7,14H,8,17-18H2,1H3. The van der Waals surface area contributed by atoms with Crippen LogP contribution < -0.4 is 9.47 Å². The van der Waals surface area contributed by atoms with Gasteiger partial charge in [0.15, 0.2) is 11.6 Å². The second-order valence-electron chi connectivity index (χ2n) is 6.38. The van der Waals surface area contributed by atoms with Gasteiger partial charge in [-0.3, -0.25) is 0 Å². The van der Waals surface area contributed by atoms with E-state index in [1.54, 1.807) is 19.4 Å². The van der Waals surface area contributed by atoms with Crippen LogP contribution in [0.1, 0.15) is 11.4 Å². The van der Waals surface area contributed by atoms with E-state index >= 15 is 0 Å². The lowest BCUT2D eigenvalue weighted by Crippen LogP contribution is -2.30. The summed E-state index contributed by atoms with van der Waals surface area (Å²) in [6.45, 7) is -3.13. The van der Waals surface area contributed by atoms with Gasteiger partial charge < -0.3 is 14.2 Å². The zero-order valence-corrected chi connectivity index (χ0v) is 15.8. The average Bonchev–Trinajstić information content (AvgIpc) is 3.17. The zero-order chi connectivity index (χ0) is 21.0. The van der Waals surface area contributed by atoms with Crippen molar-refractivity contribution >= 4 is 15.7 Å². The molecule has 2 aromatic heterocycles. The number of hydrogen-bond acceptors (Lipinski definition) is 7. The zero-order valence-electron chi connectivity index (χ0n) is 15.8. The van der Waals surface area contributed by atoms with Gasteiger partial charge in [-0.15, -0.1) is 5.10 Å². The largest absolute Gasteiger partial charge is 0.457 e. The molecule has 0 aliphatic heterocycles. The van der Waals surface area contributed by atoms with Crippen LogP contribution in [0.2, 0.25) is 0 Å². The minimum absolute atomic E-state index is 0.0124. The Kier molecular flexibility index (Phi) is 6.06. The van der Waals surface area contributed by atoms with Crippen molar-refractivity contribution in [3.63, 3.8) is 0 Å². The average molecular weight is 405 g/mol. The third kappa shape index (κ3) is 5.05. The maximum Gasteiger partial charge on any atom is 0.387 e. The Bertz CT molecular complexity index is 990. The molecule has 0 N–H and O–H groups in total. The Labute approximate surface area is 165 Å². The predicted molar refractivity (Wildman–Crippen MR) is 100 cm³/mol. The highest BCUT2D eigenvalue weighted by Gasteiger charge is 2.22. The molecule has 0 unspecified atom stereocenters. The first-order chi connectivity index (χ1) is 13.8. The first kappa shape index (κ1) is 20.6. The van der Waals surface area contributed by atoms with Gasteiger partial charge in [0.1, 0.15) is 28.0 Å². The van der Waals surface area contributed by atoms with Crippen LogP contribution in [0.4, 0.5) is 13.2 Å². The van der Waals surface area contributed by atoms with Crippen LogP contribution in [-0.4, -0.2) is 54.4 Å². The van der Waals surface area contributed by atoms with Crippen LogP contribution in [0.15, 0.2) is 36.7 Å². The van der Waals surface area contributed by atoms with Crippen LogP contribution in [0.25, 0.3) is 5.69 Å². The lowest BCUT2D eigenvalue weighted by molar-refractivity contribution is -0.0521. The maximum absolute atomic E-state index is 13.6. The molecule has 150 valence electrons. The number of rotatable bonds is 8. The van der Waals surface area contributed by atoms with E-state index in [1.807, 2.05) is 15.7 Å². The van der Waals surface area contributed by atoms with Gasteiger partial charge >= 0.3 is 12.6 Å².